The van der Waals surface area contributed by atoms with Crippen LogP contribution in [0.15, 0.2) is 18.3 Å². The summed E-state index contributed by atoms with van der Waals surface area (Å²) < 4.78 is 0. The molecule has 1 heterocycles. The summed E-state index contributed by atoms with van der Waals surface area (Å²) in [7, 11) is 0. The van der Waals surface area contributed by atoms with Gasteiger partial charge in [-0.05, 0) is 12.1 Å². The van der Waals surface area contributed by atoms with Crippen LogP contribution in [0, 0.1) is 0 Å². The molecule has 0 fully saturated rings. The first-order chi connectivity index (χ1) is 5.56. The summed E-state index contributed by atoms with van der Waals surface area (Å²) in [5, 5.41) is 0.659. The van der Waals surface area contributed by atoms with Crippen molar-refractivity contribution in [1.29, 1.82) is 0 Å². The standard InChI is InChI=1S/C9H13ClN2/c1-9(2,6-11)8-4-3-7(10)5-12-8/h3-5H,6,11H2,1-2H3. The van der Waals surface area contributed by atoms with Crippen molar-refractivity contribution in [3.8, 4) is 0 Å². The van der Waals surface area contributed by atoms with Crippen molar-refractivity contribution in [2.24, 2.45) is 5.73 Å². The second kappa shape index (κ2) is 3.42. The summed E-state index contributed by atoms with van der Waals surface area (Å²) >= 11 is 5.71. The molecule has 0 spiro atoms. The molecule has 1 rings (SSSR count). The molecule has 0 amide bonds. The minimum absolute atomic E-state index is 0.0649. The van der Waals surface area contributed by atoms with Gasteiger partial charge in [-0.15, -0.1) is 0 Å². The van der Waals surface area contributed by atoms with Crippen LogP contribution in [0.1, 0.15) is 19.5 Å². The van der Waals surface area contributed by atoms with E-state index in [1.807, 2.05) is 12.1 Å². The van der Waals surface area contributed by atoms with Crippen LogP contribution >= 0.6 is 11.6 Å². The lowest BCUT2D eigenvalue weighted by Crippen LogP contribution is -2.28. The van der Waals surface area contributed by atoms with Crippen LogP contribution in [0.3, 0.4) is 0 Å². The molecule has 0 aliphatic carbocycles. The van der Waals surface area contributed by atoms with Gasteiger partial charge >= 0.3 is 0 Å². The highest BCUT2D eigenvalue weighted by Crippen LogP contribution is 2.20. The summed E-state index contributed by atoms with van der Waals surface area (Å²) in [6.45, 7) is 4.70. The highest BCUT2D eigenvalue weighted by molar-refractivity contribution is 6.30. The van der Waals surface area contributed by atoms with Crippen LogP contribution in [0.25, 0.3) is 0 Å². The molecule has 0 aliphatic rings. The average Bonchev–Trinajstić information content (AvgIpc) is 2.05. The molecule has 0 saturated carbocycles. The largest absolute Gasteiger partial charge is 0.330 e. The summed E-state index contributed by atoms with van der Waals surface area (Å²) in [4.78, 5) is 4.21. The second-order valence-electron chi connectivity index (χ2n) is 3.45. The number of aromatic nitrogens is 1. The van der Waals surface area contributed by atoms with Gasteiger partial charge in [-0.1, -0.05) is 25.4 Å². The zero-order valence-corrected chi connectivity index (χ0v) is 8.10. The van der Waals surface area contributed by atoms with Crippen LogP contribution in [0.5, 0.6) is 0 Å². The molecule has 0 aromatic carbocycles. The van der Waals surface area contributed by atoms with Gasteiger partial charge in [0.1, 0.15) is 0 Å². The molecule has 1 aromatic rings. The van der Waals surface area contributed by atoms with Crippen molar-refractivity contribution in [2.45, 2.75) is 19.3 Å². The minimum Gasteiger partial charge on any atom is -0.330 e. The van der Waals surface area contributed by atoms with Gasteiger partial charge in [0.2, 0.25) is 0 Å². The number of nitrogens with two attached hydrogens (primary N) is 1. The Kier molecular flexibility index (Phi) is 2.70. The molecule has 0 unspecified atom stereocenters. The minimum atomic E-state index is -0.0649. The summed E-state index contributed by atoms with van der Waals surface area (Å²) in [6, 6.07) is 3.75. The van der Waals surface area contributed by atoms with E-state index >= 15 is 0 Å². The SMILES string of the molecule is CC(C)(CN)c1ccc(Cl)cn1. The van der Waals surface area contributed by atoms with Crippen LogP contribution in [0.2, 0.25) is 5.02 Å². The molecule has 3 heteroatoms. The first kappa shape index (κ1) is 9.49. The molecule has 0 aliphatic heterocycles. The smallest absolute Gasteiger partial charge is 0.0589 e. The maximum atomic E-state index is 5.71. The van der Waals surface area contributed by atoms with Gasteiger partial charge in [-0.25, -0.2) is 0 Å². The average molecular weight is 185 g/mol. The van der Waals surface area contributed by atoms with Gasteiger partial charge in [-0.3, -0.25) is 4.98 Å². The quantitative estimate of drug-likeness (QED) is 0.764. The fourth-order valence-corrected chi connectivity index (χ4v) is 0.993. The van der Waals surface area contributed by atoms with E-state index in [1.54, 1.807) is 6.20 Å². The van der Waals surface area contributed by atoms with E-state index in [0.717, 1.165) is 5.69 Å². The first-order valence-electron chi connectivity index (χ1n) is 3.88. The number of pyridine rings is 1. The van der Waals surface area contributed by atoms with E-state index in [1.165, 1.54) is 0 Å². The normalized spacial score (nSPS) is 11.7. The fourth-order valence-electron chi connectivity index (χ4n) is 0.881. The molecule has 0 radical (unpaired) electrons. The Morgan fingerprint density at radius 3 is 2.58 bits per heavy atom. The molecule has 12 heavy (non-hydrogen) atoms. The van der Waals surface area contributed by atoms with Crippen LogP contribution in [-0.4, -0.2) is 11.5 Å². The Hall–Kier alpha value is -0.600. The van der Waals surface area contributed by atoms with Gasteiger partial charge in [0.05, 0.1) is 5.02 Å². The predicted molar refractivity (Wildman–Crippen MR) is 51.3 cm³/mol. The van der Waals surface area contributed by atoms with Crippen molar-refractivity contribution in [3.63, 3.8) is 0 Å². The fraction of sp³-hybridized carbons (Fsp3) is 0.444. The number of hydrogen-bond acceptors (Lipinski definition) is 2. The van der Waals surface area contributed by atoms with E-state index in [2.05, 4.69) is 18.8 Å². The van der Waals surface area contributed by atoms with Crippen molar-refractivity contribution >= 4 is 11.6 Å². The third-order valence-electron chi connectivity index (χ3n) is 1.93. The predicted octanol–water partition coefficient (Wildman–Crippen LogP) is 1.97. The maximum Gasteiger partial charge on any atom is 0.0589 e. The number of halogens is 1. The first-order valence-corrected chi connectivity index (χ1v) is 4.26. The van der Waals surface area contributed by atoms with Crippen molar-refractivity contribution in [1.82, 2.24) is 4.98 Å². The van der Waals surface area contributed by atoms with Crippen LogP contribution in [-0.2, 0) is 5.41 Å². The summed E-state index contributed by atoms with van der Waals surface area (Å²) in [6.07, 6.45) is 1.65. The van der Waals surface area contributed by atoms with Crippen LogP contribution < -0.4 is 5.73 Å². The lowest BCUT2D eigenvalue weighted by Gasteiger charge is -2.21. The number of nitrogens with zero attached hydrogens (tertiary/aromatic N) is 1. The molecule has 0 bridgehead atoms. The van der Waals surface area contributed by atoms with Crippen molar-refractivity contribution in [2.75, 3.05) is 6.54 Å². The maximum absolute atomic E-state index is 5.71. The highest BCUT2D eigenvalue weighted by atomic mass is 35.5. The number of rotatable bonds is 2. The third kappa shape index (κ3) is 1.96. The Morgan fingerprint density at radius 1 is 1.50 bits per heavy atom. The lowest BCUT2D eigenvalue weighted by molar-refractivity contribution is 0.522. The molecule has 0 saturated heterocycles. The Balaban J connectivity index is 2.96. The van der Waals surface area contributed by atoms with E-state index in [4.69, 9.17) is 17.3 Å². The van der Waals surface area contributed by atoms with Gasteiger partial charge in [0, 0.05) is 23.9 Å². The molecule has 2 nitrogen and oxygen atoms in total. The van der Waals surface area contributed by atoms with Gasteiger partial charge in [-0.2, -0.15) is 0 Å². The van der Waals surface area contributed by atoms with E-state index in [9.17, 15) is 0 Å². The van der Waals surface area contributed by atoms with Gasteiger partial charge < -0.3 is 5.73 Å². The third-order valence-corrected chi connectivity index (χ3v) is 2.15. The monoisotopic (exact) mass is 184 g/mol. The van der Waals surface area contributed by atoms with Crippen LogP contribution in [0.4, 0.5) is 0 Å². The van der Waals surface area contributed by atoms with Gasteiger partial charge in [0.15, 0.2) is 0 Å². The highest BCUT2D eigenvalue weighted by Gasteiger charge is 2.19. The van der Waals surface area contributed by atoms with Gasteiger partial charge in [0.25, 0.3) is 0 Å². The number of hydrogen-bond donors (Lipinski definition) is 1. The molecule has 0 atom stereocenters. The van der Waals surface area contributed by atoms with Crippen molar-refractivity contribution in [3.05, 3.63) is 29.0 Å². The zero-order chi connectivity index (χ0) is 9.19. The van der Waals surface area contributed by atoms with Crippen molar-refractivity contribution < 1.29 is 0 Å². The second-order valence-corrected chi connectivity index (χ2v) is 3.89. The van der Waals surface area contributed by atoms with E-state index in [0.29, 0.717) is 11.6 Å². The molecular weight excluding hydrogens is 172 g/mol. The Morgan fingerprint density at radius 2 is 2.17 bits per heavy atom. The summed E-state index contributed by atoms with van der Waals surface area (Å²) in [5.41, 5.74) is 6.52. The van der Waals surface area contributed by atoms with E-state index < -0.39 is 0 Å². The topological polar surface area (TPSA) is 38.9 Å². The molecule has 2 N–H and O–H groups in total. The molecule has 66 valence electrons. The summed E-state index contributed by atoms with van der Waals surface area (Å²) in [5.74, 6) is 0. The molecular formula is C9H13ClN2. The van der Waals surface area contributed by atoms with E-state index in [-0.39, 0.29) is 5.41 Å². The lowest BCUT2D eigenvalue weighted by atomic mass is 9.89. The molecule has 1 aromatic heterocycles. The Bertz CT molecular complexity index is 254. The zero-order valence-electron chi connectivity index (χ0n) is 7.34. The Labute approximate surface area is 77.8 Å².